The number of nitrogens with one attached hydrogen (secondary N) is 1. The van der Waals surface area contributed by atoms with Crippen LogP contribution in [-0.2, 0) is 0 Å². The Labute approximate surface area is 105 Å². The van der Waals surface area contributed by atoms with Gasteiger partial charge in [-0.25, -0.2) is 4.98 Å². The van der Waals surface area contributed by atoms with Gasteiger partial charge in [0.25, 0.3) is 0 Å². The number of ether oxygens (including phenoxy) is 1. The van der Waals surface area contributed by atoms with Gasteiger partial charge in [0.2, 0.25) is 0 Å². The molecule has 0 bridgehead atoms. The fourth-order valence-electron chi connectivity index (χ4n) is 1.75. The van der Waals surface area contributed by atoms with E-state index in [0.29, 0.717) is 0 Å². The van der Waals surface area contributed by atoms with Gasteiger partial charge in [0.15, 0.2) is 0 Å². The van der Waals surface area contributed by atoms with Gasteiger partial charge in [-0.1, -0.05) is 0 Å². The first-order chi connectivity index (χ1) is 8.15. The van der Waals surface area contributed by atoms with Crippen molar-refractivity contribution in [3.8, 4) is 16.3 Å². The van der Waals surface area contributed by atoms with Crippen molar-refractivity contribution in [3.05, 3.63) is 28.6 Å². The summed E-state index contributed by atoms with van der Waals surface area (Å²) in [7, 11) is 3.58. The largest absolute Gasteiger partial charge is 0.496 e. The van der Waals surface area contributed by atoms with Crippen molar-refractivity contribution in [2.24, 2.45) is 0 Å². The fraction of sp³-hybridized carbons (Fsp3) is 0.308. The average Bonchev–Trinajstić information content (AvgIpc) is 2.80. The first-order valence-electron chi connectivity index (χ1n) is 5.44. The van der Waals surface area contributed by atoms with Crippen LogP contribution in [-0.4, -0.2) is 19.1 Å². The highest BCUT2D eigenvalue weighted by Gasteiger charge is 2.10. The Hall–Kier alpha value is -1.55. The van der Waals surface area contributed by atoms with E-state index < -0.39 is 0 Å². The number of aromatic nitrogens is 1. The maximum Gasteiger partial charge on any atom is 0.137 e. The van der Waals surface area contributed by atoms with Crippen LogP contribution >= 0.6 is 11.3 Å². The van der Waals surface area contributed by atoms with Gasteiger partial charge in [-0.2, -0.15) is 0 Å². The second-order valence-electron chi connectivity index (χ2n) is 3.92. The standard InChI is InChI=1S/C13H16N2OS/c1-8-6-11(16-4)9(2)5-10(8)13-15-12(14-3)7-17-13/h5-7,14H,1-4H3. The van der Waals surface area contributed by atoms with Gasteiger partial charge in [0, 0.05) is 18.0 Å². The van der Waals surface area contributed by atoms with Gasteiger partial charge in [-0.3, -0.25) is 0 Å². The van der Waals surface area contributed by atoms with Crippen molar-refractivity contribution in [1.82, 2.24) is 4.98 Å². The van der Waals surface area contributed by atoms with Crippen molar-refractivity contribution < 1.29 is 4.74 Å². The molecule has 1 N–H and O–H groups in total. The number of hydrogen-bond acceptors (Lipinski definition) is 4. The van der Waals surface area contributed by atoms with Gasteiger partial charge in [0.1, 0.15) is 16.6 Å². The molecule has 90 valence electrons. The summed E-state index contributed by atoms with van der Waals surface area (Å²) in [6, 6.07) is 4.19. The molecule has 0 saturated carbocycles. The lowest BCUT2D eigenvalue weighted by Crippen LogP contribution is -1.92. The molecule has 0 spiro atoms. The molecule has 0 aliphatic heterocycles. The summed E-state index contributed by atoms with van der Waals surface area (Å²) in [6.45, 7) is 4.13. The van der Waals surface area contributed by atoms with Crippen LogP contribution in [0, 0.1) is 13.8 Å². The lowest BCUT2D eigenvalue weighted by atomic mass is 10.1. The van der Waals surface area contributed by atoms with Crippen molar-refractivity contribution in [3.63, 3.8) is 0 Å². The highest BCUT2D eigenvalue weighted by molar-refractivity contribution is 7.13. The first-order valence-corrected chi connectivity index (χ1v) is 6.32. The van der Waals surface area contributed by atoms with E-state index in [1.54, 1.807) is 18.4 Å². The van der Waals surface area contributed by atoms with Crippen molar-refractivity contribution in [1.29, 1.82) is 0 Å². The van der Waals surface area contributed by atoms with Crippen LogP contribution in [0.25, 0.3) is 10.6 Å². The molecule has 0 atom stereocenters. The van der Waals surface area contributed by atoms with Crippen LogP contribution in [0.5, 0.6) is 5.75 Å². The molecule has 0 amide bonds. The number of nitrogens with zero attached hydrogens (tertiary/aromatic N) is 1. The minimum Gasteiger partial charge on any atom is -0.496 e. The third kappa shape index (κ3) is 2.26. The van der Waals surface area contributed by atoms with E-state index in [4.69, 9.17) is 4.74 Å². The Morgan fingerprint density at radius 1 is 1.24 bits per heavy atom. The molecule has 0 radical (unpaired) electrons. The lowest BCUT2D eigenvalue weighted by Gasteiger charge is -2.09. The van der Waals surface area contributed by atoms with Gasteiger partial charge < -0.3 is 10.1 Å². The highest BCUT2D eigenvalue weighted by Crippen LogP contribution is 2.32. The molecule has 0 fully saturated rings. The van der Waals surface area contributed by atoms with Crippen LogP contribution < -0.4 is 10.1 Å². The molecule has 4 heteroatoms. The van der Waals surface area contributed by atoms with Gasteiger partial charge in [-0.15, -0.1) is 11.3 Å². The monoisotopic (exact) mass is 248 g/mol. The summed E-state index contributed by atoms with van der Waals surface area (Å²) in [5.41, 5.74) is 3.49. The number of hydrogen-bond donors (Lipinski definition) is 1. The molecule has 0 aliphatic carbocycles. The zero-order valence-electron chi connectivity index (χ0n) is 10.5. The molecule has 17 heavy (non-hydrogen) atoms. The van der Waals surface area contributed by atoms with Crippen molar-refractivity contribution in [2.75, 3.05) is 19.5 Å². The Balaban J connectivity index is 2.48. The Kier molecular flexibility index (Phi) is 3.33. The third-order valence-electron chi connectivity index (χ3n) is 2.73. The highest BCUT2D eigenvalue weighted by atomic mass is 32.1. The average molecular weight is 248 g/mol. The first kappa shape index (κ1) is 11.9. The number of aryl methyl sites for hydroxylation is 2. The van der Waals surface area contributed by atoms with Crippen LogP contribution in [0.4, 0.5) is 5.82 Å². The van der Waals surface area contributed by atoms with Gasteiger partial charge >= 0.3 is 0 Å². The van der Waals surface area contributed by atoms with Crippen molar-refractivity contribution in [2.45, 2.75) is 13.8 Å². The summed E-state index contributed by atoms with van der Waals surface area (Å²) in [6.07, 6.45) is 0. The summed E-state index contributed by atoms with van der Waals surface area (Å²) in [5.74, 6) is 1.84. The molecule has 0 saturated heterocycles. The maximum absolute atomic E-state index is 5.31. The third-order valence-corrected chi connectivity index (χ3v) is 3.61. The number of anilines is 1. The number of thiazole rings is 1. The summed E-state index contributed by atoms with van der Waals surface area (Å²) < 4.78 is 5.31. The second-order valence-corrected chi connectivity index (χ2v) is 4.78. The van der Waals surface area contributed by atoms with E-state index in [2.05, 4.69) is 29.4 Å². The van der Waals surface area contributed by atoms with Crippen LogP contribution in [0.2, 0.25) is 0 Å². The molecular weight excluding hydrogens is 232 g/mol. The summed E-state index contributed by atoms with van der Waals surface area (Å²) >= 11 is 1.65. The zero-order valence-corrected chi connectivity index (χ0v) is 11.3. The van der Waals surface area contributed by atoms with Gasteiger partial charge in [0.05, 0.1) is 7.11 Å². The molecule has 2 rings (SSSR count). The quantitative estimate of drug-likeness (QED) is 0.903. The Morgan fingerprint density at radius 3 is 2.59 bits per heavy atom. The maximum atomic E-state index is 5.31. The summed E-state index contributed by atoms with van der Waals surface area (Å²) in [5, 5.41) is 6.11. The van der Waals surface area contributed by atoms with Crippen LogP contribution in [0.3, 0.4) is 0 Å². The normalized spacial score (nSPS) is 10.4. The van der Waals surface area contributed by atoms with E-state index in [-0.39, 0.29) is 0 Å². The SMILES string of the molecule is CNc1csc(-c2cc(C)c(OC)cc2C)n1. The smallest absolute Gasteiger partial charge is 0.137 e. The molecule has 3 nitrogen and oxygen atoms in total. The second kappa shape index (κ2) is 4.75. The Morgan fingerprint density at radius 2 is 2.00 bits per heavy atom. The summed E-state index contributed by atoms with van der Waals surface area (Å²) in [4.78, 5) is 4.52. The molecule has 0 unspecified atom stereocenters. The lowest BCUT2D eigenvalue weighted by molar-refractivity contribution is 0.411. The Bertz CT molecular complexity index is 534. The minimum absolute atomic E-state index is 0.915. The van der Waals surface area contributed by atoms with E-state index in [1.807, 2.05) is 19.4 Å². The van der Waals surface area contributed by atoms with Gasteiger partial charge in [-0.05, 0) is 37.1 Å². The molecular formula is C13H16N2OS. The van der Waals surface area contributed by atoms with E-state index >= 15 is 0 Å². The van der Waals surface area contributed by atoms with E-state index in [9.17, 15) is 0 Å². The van der Waals surface area contributed by atoms with Crippen LogP contribution in [0.1, 0.15) is 11.1 Å². The molecule has 1 heterocycles. The zero-order chi connectivity index (χ0) is 12.4. The fourth-order valence-corrected chi connectivity index (χ4v) is 2.64. The van der Waals surface area contributed by atoms with E-state index in [1.165, 1.54) is 11.1 Å². The molecule has 1 aromatic carbocycles. The molecule has 0 aliphatic rings. The van der Waals surface area contributed by atoms with E-state index in [0.717, 1.165) is 22.1 Å². The predicted molar refractivity (Wildman–Crippen MR) is 73.1 cm³/mol. The van der Waals surface area contributed by atoms with Crippen LogP contribution in [0.15, 0.2) is 17.5 Å². The topological polar surface area (TPSA) is 34.1 Å². The number of rotatable bonds is 3. The number of methoxy groups -OCH3 is 1. The predicted octanol–water partition coefficient (Wildman–Crippen LogP) is 3.48. The minimum atomic E-state index is 0.915. The molecule has 2 aromatic rings. The van der Waals surface area contributed by atoms with Crippen molar-refractivity contribution >= 4 is 17.2 Å². The molecule has 1 aromatic heterocycles. The number of benzene rings is 1.